The van der Waals surface area contributed by atoms with Crippen LogP contribution in [0.15, 0.2) is 64.2 Å². The predicted molar refractivity (Wildman–Crippen MR) is 138 cm³/mol. The fraction of sp³-hybridized carbons (Fsp3) is 0.125. The van der Waals surface area contributed by atoms with Crippen LogP contribution in [0.3, 0.4) is 0 Å². The summed E-state index contributed by atoms with van der Waals surface area (Å²) in [6, 6.07) is 11.7. The number of benzene rings is 3. The van der Waals surface area contributed by atoms with E-state index in [0.29, 0.717) is 20.7 Å². The number of hydrogen-bond acceptors (Lipinski definition) is 5. The summed E-state index contributed by atoms with van der Waals surface area (Å²) in [6.07, 6.45) is -3.31. The third-order valence-corrected chi connectivity index (χ3v) is 5.96. The Kier molecular flexibility index (Phi) is 9.41. The van der Waals surface area contributed by atoms with Crippen molar-refractivity contribution < 1.29 is 32.2 Å². The lowest BCUT2D eigenvalue weighted by atomic mass is 10.1. The zero-order valence-corrected chi connectivity index (χ0v) is 21.9. The summed E-state index contributed by atoms with van der Waals surface area (Å²) in [5.41, 5.74) is 1.92. The molecule has 0 aliphatic heterocycles. The highest BCUT2D eigenvalue weighted by molar-refractivity contribution is 9.10. The molecule has 0 heterocycles. The standard InChI is InChI=1S/C24H17BrCl2F3N3O4/c1-36-20-8-13(11-31-33-23(35)14-3-2-4-15(9-14)24(28,29)30)7-17(25)22(20)37-12-21(34)32-16-5-6-18(26)19(27)10-16/h2-11H,12H2,1H3,(H,32,34)(H,33,35)/b31-11+. The van der Waals surface area contributed by atoms with Crippen molar-refractivity contribution in [3.63, 3.8) is 0 Å². The first-order valence-corrected chi connectivity index (χ1v) is 11.8. The molecule has 0 radical (unpaired) electrons. The lowest BCUT2D eigenvalue weighted by Crippen LogP contribution is -2.20. The number of hydrogen-bond donors (Lipinski definition) is 2. The molecule has 37 heavy (non-hydrogen) atoms. The van der Waals surface area contributed by atoms with E-state index in [4.69, 9.17) is 32.7 Å². The maximum Gasteiger partial charge on any atom is 0.416 e. The van der Waals surface area contributed by atoms with Crippen LogP contribution in [0.2, 0.25) is 10.0 Å². The van der Waals surface area contributed by atoms with Gasteiger partial charge in [-0.15, -0.1) is 0 Å². The number of hydrazone groups is 1. The van der Waals surface area contributed by atoms with E-state index in [2.05, 4.69) is 31.8 Å². The normalized spacial score (nSPS) is 11.3. The van der Waals surface area contributed by atoms with Gasteiger partial charge < -0.3 is 14.8 Å². The Hall–Kier alpha value is -3.28. The van der Waals surface area contributed by atoms with Crippen LogP contribution in [0.25, 0.3) is 0 Å². The Bertz CT molecular complexity index is 1350. The number of rotatable bonds is 8. The number of carbonyl (C=O) groups is 2. The average Bonchev–Trinajstić information content (AvgIpc) is 2.84. The quantitative estimate of drug-likeness (QED) is 0.221. The van der Waals surface area contributed by atoms with Gasteiger partial charge in [-0.3, -0.25) is 9.59 Å². The van der Waals surface area contributed by atoms with Gasteiger partial charge in [0.2, 0.25) is 0 Å². The van der Waals surface area contributed by atoms with Crippen molar-refractivity contribution in [2.24, 2.45) is 5.10 Å². The smallest absolute Gasteiger partial charge is 0.416 e. The molecule has 0 atom stereocenters. The molecule has 2 amide bonds. The van der Waals surface area contributed by atoms with E-state index in [1.165, 1.54) is 31.5 Å². The van der Waals surface area contributed by atoms with Crippen molar-refractivity contribution in [1.82, 2.24) is 5.43 Å². The molecule has 0 unspecified atom stereocenters. The summed E-state index contributed by atoms with van der Waals surface area (Å²) in [4.78, 5) is 24.4. The van der Waals surface area contributed by atoms with Gasteiger partial charge in [0.05, 0.1) is 33.4 Å². The van der Waals surface area contributed by atoms with Gasteiger partial charge in [0, 0.05) is 11.3 Å². The van der Waals surface area contributed by atoms with E-state index in [1.807, 2.05) is 0 Å². The topological polar surface area (TPSA) is 89.0 Å². The van der Waals surface area contributed by atoms with Gasteiger partial charge in [-0.2, -0.15) is 18.3 Å². The second-order valence-electron chi connectivity index (χ2n) is 7.28. The highest BCUT2D eigenvalue weighted by Crippen LogP contribution is 2.36. The Morgan fingerprint density at radius 2 is 1.84 bits per heavy atom. The number of alkyl halides is 3. The van der Waals surface area contributed by atoms with Crippen LogP contribution in [-0.4, -0.2) is 31.7 Å². The van der Waals surface area contributed by atoms with Crippen molar-refractivity contribution in [2.45, 2.75) is 6.18 Å². The van der Waals surface area contributed by atoms with E-state index in [1.54, 1.807) is 18.2 Å². The van der Waals surface area contributed by atoms with Gasteiger partial charge in [-0.05, 0) is 70.0 Å². The third-order valence-electron chi connectivity index (χ3n) is 4.63. The predicted octanol–water partition coefficient (Wildman–Crippen LogP) is 6.56. The lowest BCUT2D eigenvalue weighted by Gasteiger charge is -2.13. The molecule has 3 aromatic carbocycles. The molecule has 0 spiro atoms. The van der Waals surface area contributed by atoms with Crippen molar-refractivity contribution in [2.75, 3.05) is 19.0 Å². The Morgan fingerprint density at radius 3 is 2.51 bits per heavy atom. The number of anilines is 1. The van der Waals surface area contributed by atoms with Crippen molar-refractivity contribution in [1.29, 1.82) is 0 Å². The molecule has 0 saturated carbocycles. The maximum atomic E-state index is 12.9. The van der Waals surface area contributed by atoms with Gasteiger partial charge in [0.1, 0.15) is 0 Å². The zero-order chi connectivity index (χ0) is 27.2. The van der Waals surface area contributed by atoms with Crippen LogP contribution in [0.4, 0.5) is 18.9 Å². The highest BCUT2D eigenvalue weighted by atomic mass is 79.9. The summed E-state index contributed by atoms with van der Waals surface area (Å²) in [6.45, 7) is -0.351. The number of carbonyl (C=O) groups excluding carboxylic acids is 2. The largest absolute Gasteiger partial charge is 0.493 e. The first kappa shape index (κ1) is 28.3. The van der Waals surface area contributed by atoms with Gasteiger partial charge in [0.15, 0.2) is 18.1 Å². The van der Waals surface area contributed by atoms with Crippen LogP contribution < -0.4 is 20.2 Å². The van der Waals surface area contributed by atoms with Gasteiger partial charge in [0.25, 0.3) is 11.8 Å². The first-order chi connectivity index (χ1) is 17.5. The fourth-order valence-electron chi connectivity index (χ4n) is 2.93. The Labute approximate surface area is 227 Å². The molecule has 194 valence electrons. The van der Waals surface area contributed by atoms with Crippen LogP contribution in [0.1, 0.15) is 21.5 Å². The lowest BCUT2D eigenvalue weighted by molar-refractivity contribution is -0.137. The van der Waals surface area contributed by atoms with Crippen LogP contribution in [0.5, 0.6) is 11.5 Å². The highest BCUT2D eigenvalue weighted by Gasteiger charge is 2.30. The molecule has 2 N–H and O–H groups in total. The molecular weight excluding hydrogens is 602 g/mol. The zero-order valence-electron chi connectivity index (χ0n) is 18.8. The minimum atomic E-state index is -4.57. The van der Waals surface area contributed by atoms with Crippen LogP contribution in [0, 0.1) is 0 Å². The molecule has 0 aliphatic carbocycles. The molecule has 0 fully saturated rings. The molecule has 3 rings (SSSR count). The molecule has 0 bridgehead atoms. The Balaban J connectivity index is 1.64. The van der Waals surface area contributed by atoms with Gasteiger partial charge in [-0.1, -0.05) is 29.3 Å². The second-order valence-corrected chi connectivity index (χ2v) is 8.95. The molecule has 0 aromatic heterocycles. The number of amides is 2. The summed E-state index contributed by atoms with van der Waals surface area (Å²) in [5.74, 6) is -0.795. The molecule has 0 aliphatic rings. The van der Waals surface area contributed by atoms with E-state index in [9.17, 15) is 22.8 Å². The van der Waals surface area contributed by atoms with Crippen molar-refractivity contribution >= 4 is 62.8 Å². The minimum Gasteiger partial charge on any atom is -0.493 e. The number of nitrogens with zero attached hydrogens (tertiary/aromatic N) is 1. The van der Waals surface area contributed by atoms with E-state index < -0.39 is 23.6 Å². The van der Waals surface area contributed by atoms with E-state index >= 15 is 0 Å². The van der Waals surface area contributed by atoms with Crippen molar-refractivity contribution in [3.8, 4) is 11.5 Å². The summed E-state index contributed by atoms with van der Waals surface area (Å²) in [5, 5.41) is 7.04. The van der Waals surface area contributed by atoms with Crippen LogP contribution >= 0.6 is 39.1 Å². The number of methoxy groups -OCH3 is 1. The average molecular weight is 619 g/mol. The SMILES string of the molecule is COc1cc(/C=N/NC(=O)c2cccc(C(F)(F)F)c2)cc(Br)c1OCC(=O)Nc1ccc(Cl)c(Cl)c1. The molecule has 3 aromatic rings. The minimum absolute atomic E-state index is 0.200. The number of halogens is 6. The summed E-state index contributed by atoms with van der Waals surface area (Å²) < 4.78 is 49.9. The second kappa shape index (κ2) is 12.3. The first-order valence-electron chi connectivity index (χ1n) is 10.2. The van der Waals surface area contributed by atoms with E-state index in [0.717, 1.165) is 18.2 Å². The van der Waals surface area contributed by atoms with Crippen LogP contribution in [-0.2, 0) is 11.0 Å². The molecule has 13 heteroatoms. The Morgan fingerprint density at radius 1 is 1.08 bits per heavy atom. The monoisotopic (exact) mass is 617 g/mol. The summed E-state index contributed by atoms with van der Waals surface area (Å²) in [7, 11) is 1.39. The summed E-state index contributed by atoms with van der Waals surface area (Å²) >= 11 is 15.1. The molecular formula is C24H17BrCl2F3N3O4. The fourth-order valence-corrected chi connectivity index (χ4v) is 3.80. The number of ether oxygens (including phenoxy) is 2. The van der Waals surface area contributed by atoms with Gasteiger partial charge >= 0.3 is 6.18 Å². The molecule has 0 saturated heterocycles. The van der Waals surface area contributed by atoms with Crippen molar-refractivity contribution in [3.05, 3.63) is 85.8 Å². The third kappa shape index (κ3) is 7.85. The van der Waals surface area contributed by atoms with E-state index in [-0.39, 0.29) is 28.7 Å². The maximum absolute atomic E-state index is 12.9. The number of nitrogens with one attached hydrogen (secondary N) is 2. The molecule has 7 nitrogen and oxygen atoms in total. The van der Waals surface area contributed by atoms with Gasteiger partial charge in [-0.25, -0.2) is 5.43 Å².